The van der Waals surface area contributed by atoms with Crippen LogP contribution in [0.25, 0.3) is 11.1 Å². The number of aromatic nitrogens is 1. The van der Waals surface area contributed by atoms with Crippen molar-refractivity contribution in [2.45, 2.75) is 25.4 Å². The summed E-state index contributed by atoms with van der Waals surface area (Å²) < 4.78 is 40.1. The van der Waals surface area contributed by atoms with Crippen molar-refractivity contribution in [2.75, 3.05) is 12.4 Å². The summed E-state index contributed by atoms with van der Waals surface area (Å²) in [5.74, 6) is -1.60. The molecule has 1 N–H and O–H groups in total. The van der Waals surface area contributed by atoms with Gasteiger partial charge in [0.05, 0.1) is 13.2 Å². The number of halogens is 2. The molecule has 1 heterocycles. The highest BCUT2D eigenvalue weighted by Crippen LogP contribution is 2.32. The van der Waals surface area contributed by atoms with Crippen LogP contribution in [0, 0.1) is 11.6 Å². The molecule has 1 aliphatic rings. The SMILES string of the molecule is COC(=O)c1cccnc1Nc1c(F)cc(-c2cccc(OC3CCC3)c2)cc1F. The summed E-state index contributed by atoms with van der Waals surface area (Å²) in [6.07, 6.45) is 4.82. The fourth-order valence-corrected chi connectivity index (χ4v) is 3.19. The molecule has 0 saturated heterocycles. The Labute approximate surface area is 172 Å². The van der Waals surface area contributed by atoms with Crippen molar-refractivity contribution in [3.05, 3.63) is 71.9 Å². The van der Waals surface area contributed by atoms with E-state index < -0.39 is 23.3 Å². The molecule has 154 valence electrons. The molecule has 7 heteroatoms. The molecule has 0 unspecified atom stereocenters. The molecule has 4 rings (SSSR count). The van der Waals surface area contributed by atoms with E-state index in [1.54, 1.807) is 18.2 Å². The van der Waals surface area contributed by atoms with Gasteiger partial charge in [0.1, 0.15) is 34.5 Å². The first kappa shape index (κ1) is 19.8. The minimum Gasteiger partial charge on any atom is -0.490 e. The summed E-state index contributed by atoms with van der Waals surface area (Å²) in [6, 6.07) is 12.6. The Hall–Kier alpha value is -3.48. The van der Waals surface area contributed by atoms with Crippen LogP contribution >= 0.6 is 0 Å². The van der Waals surface area contributed by atoms with Crippen molar-refractivity contribution in [3.63, 3.8) is 0 Å². The van der Waals surface area contributed by atoms with Gasteiger partial charge in [0.25, 0.3) is 0 Å². The lowest BCUT2D eigenvalue weighted by molar-refractivity contribution is 0.0601. The molecule has 0 bridgehead atoms. The Balaban J connectivity index is 1.62. The number of esters is 1. The van der Waals surface area contributed by atoms with E-state index in [0.717, 1.165) is 19.3 Å². The zero-order chi connectivity index (χ0) is 21.1. The van der Waals surface area contributed by atoms with Crippen LogP contribution in [0.4, 0.5) is 20.3 Å². The second kappa shape index (κ2) is 8.49. The van der Waals surface area contributed by atoms with E-state index in [1.165, 1.54) is 37.6 Å². The van der Waals surface area contributed by atoms with Gasteiger partial charge in [0, 0.05) is 6.20 Å². The van der Waals surface area contributed by atoms with Gasteiger partial charge in [-0.05, 0) is 66.8 Å². The van der Waals surface area contributed by atoms with Crippen molar-refractivity contribution in [1.82, 2.24) is 4.98 Å². The summed E-state index contributed by atoms with van der Waals surface area (Å²) in [5.41, 5.74) is 0.696. The molecule has 1 aromatic heterocycles. The molecule has 0 radical (unpaired) electrons. The third kappa shape index (κ3) is 4.10. The van der Waals surface area contributed by atoms with Gasteiger partial charge in [-0.2, -0.15) is 0 Å². The smallest absolute Gasteiger partial charge is 0.341 e. The lowest BCUT2D eigenvalue weighted by atomic mass is 9.96. The first-order valence-electron chi connectivity index (χ1n) is 9.61. The molecule has 0 atom stereocenters. The number of hydrogen-bond acceptors (Lipinski definition) is 5. The summed E-state index contributed by atoms with van der Waals surface area (Å²) >= 11 is 0. The maximum atomic E-state index is 14.8. The number of pyridine rings is 1. The van der Waals surface area contributed by atoms with Crippen molar-refractivity contribution in [3.8, 4) is 16.9 Å². The second-order valence-electron chi connectivity index (χ2n) is 7.03. The lowest BCUT2D eigenvalue weighted by Gasteiger charge is -2.26. The van der Waals surface area contributed by atoms with Gasteiger partial charge >= 0.3 is 5.97 Å². The molecule has 1 saturated carbocycles. The predicted octanol–water partition coefficient (Wildman–Crippen LogP) is 5.49. The predicted molar refractivity (Wildman–Crippen MR) is 109 cm³/mol. The number of carbonyl (C=O) groups excluding carboxylic acids is 1. The number of nitrogens with one attached hydrogen (secondary N) is 1. The van der Waals surface area contributed by atoms with Crippen LogP contribution < -0.4 is 10.1 Å². The number of nitrogens with zero attached hydrogens (tertiary/aromatic N) is 1. The Morgan fingerprint density at radius 3 is 2.50 bits per heavy atom. The molecule has 3 aromatic rings. The standard InChI is InChI=1S/C23H20F2N2O3/c1-29-23(28)18-9-4-10-26-22(18)27-21-19(24)12-15(13-20(21)25)14-5-2-8-17(11-14)30-16-6-3-7-16/h2,4-5,8-13,16H,3,6-7H2,1H3,(H,26,27). The van der Waals surface area contributed by atoms with E-state index in [1.807, 2.05) is 6.07 Å². The normalized spacial score (nSPS) is 13.4. The van der Waals surface area contributed by atoms with Crippen LogP contribution in [-0.2, 0) is 4.74 Å². The van der Waals surface area contributed by atoms with Gasteiger partial charge in [0.15, 0.2) is 0 Å². The highest BCUT2D eigenvalue weighted by molar-refractivity contribution is 5.95. The molecule has 0 aliphatic heterocycles. The summed E-state index contributed by atoms with van der Waals surface area (Å²) in [7, 11) is 1.22. The summed E-state index contributed by atoms with van der Waals surface area (Å²) in [4.78, 5) is 15.9. The highest BCUT2D eigenvalue weighted by atomic mass is 19.1. The highest BCUT2D eigenvalue weighted by Gasteiger charge is 2.20. The molecule has 1 fully saturated rings. The fraction of sp³-hybridized carbons (Fsp3) is 0.217. The zero-order valence-corrected chi connectivity index (χ0v) is 16.3. The molecule has 30 heavy (non-hydrogen) atoms. The third-order valence-corrected chi connectivity index (χ3v) is 5.02. The number of hydrogen-bond donors (Lipinski definition) is 1. The van der Waals surface area contributed by atoms with E-state index in [4.69, 9.17) is 4.74 Å². The second-order valence-corrected chi connectivity index (χ2v) is 7.03. The van der Waals surface area contributed by atoms with Crippen LogP contribution in [-0.4, -0.2) is 24.2 Å². The van der Waals surface area contributed by atoms with E-state index in [-0.39, 0.29) is 17.5 Å². The molecule has 0 amide bonds. The van der Waals surface area contributed by atoms with Crippen molar-refractivity contribution in [2.24, 2.45) is 0 Å². The topological polar surface area (TPSA) is 60.5 Å². The first-order chi connectivity index (χ1) is 14.5. The average molecular weight is 410 g/mol. The third-order valence-electron chi connectivity index (χ3n) is 5.02. The number of rotatable bonds is 6. The average Bonchev–Trinajstić information content (AvgIpc) is 2.73. The fourth-order valence-electron chi connectivity index (χ4n) is 3.19. The molecule has 2 aromatic carbocycles. The lowest BCUT2D eigenvalue weighted by Crippen LogP contribution is -2.24. The Morgan fingerprint density at radius 2 is 1.83 bits per heavy atom. The molecule has 1 aliphatic carbocycles. The van der Waals surface area contributed by atoms with Gasteiger partial charge in [-0.15, -0.1) is 0 Å². The molecular formula is C23H20F2N2O3. The van der Waals surface area contributed by atoms with Crippen LogP contribution in [0.15, 0.2) is 54.7 Å². The number of carbonyl (C=O) groups is 1. The van der Waals surface area contributed by atoms with E-state index in [9.17, 15) is 13.6 Å². The van der Waals surface area contributed by atoms with Gasteiger partial charge in [-0.3, -0.25) is 0 Å². The van der Waals surface area contributed by atoms with E-state index in [2.05, 4.69) is 15.0 Å². The van der Waals surface area contributed by atoms with E-state index >= 15 is 0 Å². The van der Waals surface area contributed by atoms with Crippen LogP contribution in [0.1, 0.15) is 29.6 Å². The quantitative estimate of drug-likeness (QED) is 0.545. The van der Waals surface area contributed by atoms with Gasteiger partial charge in [0.2, 0.25) is 0 Å². The maximum Gasteiger partial charge on any atom is 0.341 e. The van der Waals surface area contributed by atoms with Gasteiger partial charge < -0.3 is 14.8 Å². The van der Waals surface area contributed by atoms with E-state index in [0.29, 0.717) is 16.9 Å². The monoisotopic (exact) mass is 410 g/mol. The zero-order valence-electron chi connectivity index (χ0n) is 16.3. The largest absolute Gasteiger partial charge is 0.490 e. The summed E-state index contributed by atoms with van der Waals surface area (Å²) in [6.45, 7) is 0. The van der Waals surface area contributed by atoms with Gasteiger partial charge in [-0.1, -0.05) is 12.1 Å². The Morgan fingerprint density at radius 1 is 1.07 bits per heavy atom. The number of methoxy groups -OCH3 is 1. The maximum absolute atomic E-state index is 14.8. The van der Waals surface area contributed by atoms with Crippen LogP contribution in [0.2, 0.25) is 0 Å². The van der Waals surface area contributed by atoms with Crippen molar-refractivity contribution in [1.29, 1.82) is 0 Å². The molecule has 5 nitrogen and oxygen atoms in total. The minimum absolute atomic E-state index is 0.00537. The van der Waals surface area contributed by atoms with Crippen molar-refractivity contribution >= 4 is 17.5 Å². The minimum atomic E-state index is -0.809. The van der Waals surface area contributed by atoms with Crippen LogP contribution in [0.5, 0.6) is 5.75 Å². The molecule has 0 spiro atoms. The Kier molecular flexibility index (Phi) is 5.61. The molecular weight excluding hydrogens is 390 g/mol. The summed E-state index contributed by atoms with van der Waals surface area (Å²) in [5, 5.41) is 2.57. The number of benzene rings is 2. The number of anilines is 2. The first-order valence-corrected chi connectivity index (χ1v) is 9.61. The Bertz CT molecular complexity index is 1060. The van der Waals surface area contributed by atoms with Crippen LogP contribution in [0.3, 0.4) is 0 Å². The van der Waals surface area contributed by atoms with Crippen molar-refractivity contribution < 1.29 is 23.0 Å². The van der Waals surface area contributed by atoms with Gasteiger partial charge in [-0.25, -0.2) is 18.6 Å². The number of ether oxygens (including phenoxy) is 2.